The van der Waals surface area contributed by atoms with Gasteiger partial charge in [-0.25, -0.2) is 4.63 Å². The molecule has 0 aliphatic carbocycles. The van der Waals surface area contributed by atoms with Crippen molar-refractivity contribution in [3.05, 3.63) is 62.6 Å². The second-order valence-electron chi connectivity index (χ2n) is 4.09. The van der Waals surface area contributed by atoms with E-state index in [1.165, 1.54) is 12.1 Å². The number of rotatable bonds is 3. The van der Waals surface area contributed by atoms with Crippen molar-refractivity contribution in [3.63, 3.8) is 0 Å². The van der Waals surface area contributed by atoms with E-state index >= 15 is 0 Å². The monoisotopic (exact) mass is 293 g/mol. The lowest BCUT2D eigenvalue weighted by Gasteiger charge is -2.03. The number of halogens is 1. The molecule has 6 nitrogen and oxygen atoms in total. The smallest absolute Gasteiger partial charge is 0.258 e. The number of nitro groups is 1. The molecule has 0 unspecified atom stereocenters. The van der Waals surface area contributed by atoms with E-state index in [0.29, 0.717) is 16.6 Å². The van der Waals surface area contributed by atoms with E-state index in [4.69, 9.17) is 14.3 Å². The van der Waals surface area contributed by atoms with E-state index in [1.54, 1.807) is 12.1 Å². The van der Waals surface area contributed by atoms with Gasteiger partial charge in [-0.15, -0.1) is 0 Å². The Morgan fingerprint density at radius 2 is 2.25 bits per heavy atom. The summed E-state index contributed by atoms with van der Waals surface area (Å²) in [4.78, 5) is 10.8. The van der Waals surface area contributed by atoms with Crippen LogP contribution in [-0.2, 0) is 6.42 Å². The van der Waals surface area contributed by atoms with Crippen molar-refractivity contribution < 1.29 is 12.3 Å². The minimum absolute atomic E-state index is 0.0427. The summed E-state index contributed by atoms with van der Waals surface area (Å²) in [6.07, 6.45) is 0.123. The van der Waals surface area contributed by atoms with Crippen molar-refractivity contribution in [2.24, 2.45) is 0 Å². The van der Waals surface area contributed by atoms with Crippen LogP contribution in [0.15, 0.2) is 41.0 Å². The van der Waals surface area contributed by atoms with Crippen molar-refractivity contribution in [3.8, 4) is 0 Å². The van der Waals surface area contributed by atoms with Crippen molar-refractivity contribution >= 4 is 28.3 Å². The molecule has 100 valence electrons. The maximum atomic E-state index is 11.3. The zero-order chi connectivity index (χ0) is 15.9. The summed E-state index contributed by atoms with van der Waals surface area (Å²) in [5.74, 6) is 0. The molecular formula is C13H8ClN3O3. The number of hydrogen-bond donors (Lipinski definition) is 0. The van der Waals surface area contributed by atoms with Gasteiger partial charge in [0, 0.05) is 17.0 Å². The van der Waals surface area contributed by atoms with Crippen LogP contribution in [0.1, 0.15) is 13.9 Å². The summed E-state index contributed by atoms with van der Waals surface area (Å²) >= 11 is 5.89. The highest BCUT2D eigenvalue weighted by molar-refractivity contribution is 6.30. The standard InChI is InChI=1S/C13H8ClN3O3/c14-10-3-1-2-8(7-10)6-9-4-5-11-12(16-20-15-11)13(9)17(18)19/h1-5,7H,6H2/i2T,3T. The lowest BCUT2D eigenvalue weighted by molar-refractivity contribution is -0.383. The molecule has 0 N–H and O–H groups in total. The topological polar surface area (TPSA) is 82.1 Å². The second-order valence-corrected chi connectivity index (χ2v) is 4.50. The maximum Gasteiger partial charge on any atom is 0.304 e. The number of fused-ring (bicyclic) bond motifs is 1. The van der Waals surface area contributed by atoms with Crippen LogP contribution in [-0.4, -0.2) is 15.2 Å². The molecule has 0 aliphatic rings. The van der Waals surface area contributed by atoms with Crippen LogP contribution in [0.5, 0.6) is 0 Å². The molecule has 0 atom stereocenters. The first kappa shape index (κ1) is 10.3. The van der Waals surface area contributed by atoms with Gasteiger partial charge in [-0.1, -0.05) is 23.7 Å². The third-order valence-corrected chi connectivity index (χ3v) is 3.04. The van der Waals surface area contributed by atoms with Crippen molar-refractivity contribution in [2.45, 2.75) is 6.42 Å². The Balaban J connectivity index is 2.13. The van der Waals surface area contributed by atoms with Crippen LogP contribution in [0.3, 0.4) is 0 Å². The fourth-order valence-electron chi connectivity index (χ4n) is 1.97. The van der Waals surface area contributed by atoms with Crippen LogP contribution in [0, 0.1) is 10.1 Å². The minimum atomic E-state index is -0.550. The van der Waals surface area contributed by atoms with Crippen LogP contribution < -0.4 is 0 Å². The molecule has 0 bridgehead atoms. The number of nitrogens with zero attached hydrogens (tertiary/aromatic N) is 3. The van der Waals surface area contributed by atoms with Crippen molar-refractivity contribution in [1.29, 1.82) is 0 Å². The summed E-state index contributed by atoms with van der Waals surface area (Å²) in [5, 5.41) is 18.7. The van der Waals surface area contributed by atoms with Crippen LogP contribution in [0.25, 0.3) is 11.0 Å². The van der Waals surface area contributed by atoms with E-state index < -0.39 is 4.92 Å². The second kappa shape index (κ2) is 4.90. The number of aromatic nitrogens is 2. The van der Waals surface area contributed by atoms with Crippen LogP contribution >= 0.6 is 11.6 Å². The number of nitro benzene ring substituents is 1. The Labute approximate surface area is 120 Å². The van der Waals surface area contributed by atoms with Gasteiger partial charge in [0.05, 0.1) is 7.66 Å². The molecule has 20 heavy (non-hydrogen) atoms. The van der Waals surface area contributed by atoms with Gasteiger partial charge in [0.1, 0.15) is 5.52 Å². The largest absolute Gasteiger partial charge is 0.304 e. The van der Waals surface area contributed by atoms with E-state index in [1.807, 2.05) is 0 Å². The highest BCUT2D eigenvalue weighted by Gasteiger charge is 2.22. The van der Waals surface area contributed by atoms with Gasteiger partial charge in [0.2, 0.25) is 5.52 Å². The summed E-state index contributed by atoms with van der Waals surface area (Å²) < 4.78 is 19.9. The quantitative estimate of drug-likeness (QED) is 0.546. The minimum Gasteiger partial charge on any atom is -0.258 e. The first-order valence-electron chi connectivity index (χ1n) is 6.61. The lowest BCUT2D eigenvalue weighted by Crippen LogP contribution is -1.98. The van der Waals surface area contributed by atoms with Gasteiger partial charge in [0.25, 0.3) is 0 Å². The summed E-state index contributed by atoms with van der Waals surface area (Å²) in [6, 6.07) is 6.04. The van der Waals surface area contributed by atoms with Gasteiger partial charge in [-0.2, -0.15) is 0 Å². The Morgan fingerprint density at radius 1 is 1.40 bits per heavy atom. The van der Waals surface area contributed by atoms with Gasteiger partial charge < -0.3 is 0 Å². The molecule has 0 aliphatic heterocycles. The van der Waals surface area contributed by atoms with Gasteiger partial charge in [0.15, 0.2) is 0 Å². The molecule has 1 aromatic heterocycles. The highest BCUT2D eigenvalue weighted by atomic mass is 35.5. The Morgan fingerprint density at radius 3 is 3.05 bits per heavy atom. The SMILES string of the molecule is [3H]c1cc([3H])c(Cc2ccc3nonc3c2[N+](=O)[O-])cc1Cl. The molecule has 0 amide bonds. The van der Waals surface area contributed by atoms with E-state index in [2.05, 4.69) is 14.9 Å². The molecule has 0 saturated carbocycles. The number of benzene rings is 2. The van der Waals surface area contributed by atoms with Gasteiger partial charge in [-0.3, -0.25) is 10.1 Å². The molecule has 0 fully saturated rings. The lowest BCUT2D eigenvalue weighted by atomic mass is 10.0. The Kier molecular flexibility index (Phi) is 2.53. The van der Waals surface area contributed by atoms with Crippen molar-refractivity contribution in [2.75, 3.05) is 0 Å². The fourth-order valence-corrected chi connectivity index (χ4v) is 2.15. The zero-order valence-electron chi connectivity index (χ0n) is 12.0. The van der Waals surface area contributed by atoms with E-state index in [-0.39, 0.29) is 34.7 Å². The maximum absolute atomic E-state index is 11.3. The molecule has 0 saturated heterocycles. The van der Waals surface area contributed by atoms with Crippen LogP contribution in [0.4, 0.5) is 5.69 Å². The van der Waals surface area contributed by atoms with Crippen molar-refractivity contribution in [1.82, 2.24) is 10.3 Å². The third-order valence-electron chi connectivity index (χ3n) is 2.82. The van der Waals surface area contributed by atoms with Crippen LogP contribution in [0.2, 0.25) is 5.02 Å². The molecule has 7 heteroatoms. The molecule has 0 radical (unpaired) electrons. The predicted octanol–water partition coefficient (Wildman–Crippen LogP) is 3.38. The fraction of sp³-hybridized carbons (Fsp3) is 0.0769. The Hall–Kier alpha value is -2.47. The molecular weight excluding hydrogens is 282 g/mol. The zero-order valence-corrected chi connectivity index (χ0v) is 10.7. The van der Waals surface area contributed by atoms with Gasteiger partial charge >= 0.3 is 5.69 Å². The average Bonchev–Trinajstić information content (AvgIpc) is 2.92. The van der Waals surface area contributed by atoms with E-state index in [9.17, 15) is 10.1 Å². The molecule has 0 spiro atoms. The third kappa shape index (κ3) is 2.21. The van der Waals surface area contributed by atoms with Gasteiger partial charge in [-0.05, 0) is 40.1 Å². The highest BCUT2D eigenvalue weighted by Crippen LogP contribution is 2.29. The molecule has 1 heterocycles. The summed E-state index contributed by atoms with van der Waals surface area (Å²) in [5.41, 5.74) is 1.01. The molecule has 3 aromatic rings. The Bertz CT molecular complexity index is 898. The first-order chi connectivity index (χ1) is 10.5. The normalized spacial score (nSPS) is 12.2. The molecule has 3 rings (SSSR count). The summed E-state index contributed by atoms with van der Waals surface area (Å²) in [6.45, 7) is 0. The number of hydrogen-bond acceptors (Lipinski definition) is 5. The molecule has 2 aromatic carbocycles. The predicted molar refractivity (Wildman–Crippen MR) is 72.7 cm³/mol. The average molecular weight is 294 g/mol. The summed E-state index contributed by atoms with van der Waals surface area (Å²) in [7, 11) is 0. The van der Waals surface area contributed by atoms with E-state index in [0.717, 1.165) is 0 Å². The first-order valence-corrected chi connectivity index (χ1v) is 5.99.